The molecule has 0 aromatic heterocycles. The van der Waals surface area contributed by atoms with Gasteiger partial charge in [-0.3, -0.25) is 4.79 Å². The van der Waals surface area contributed by atoms with E-state index in [9.17, 15) is 18.0 Å². The number of nitrogens with zero attached hydrogens (tertiary/aromatic N) is 2. The first-order chi connectivity index (χ1) is 12.4. The van der Waals surface area contributed by atoms with Crippen molar-refractivity contribution in [3.8, 4) is 0 Å². The van der Waals surface area contributed by atoms with E-state index in [-0.39, 0.29) is 42.5 Å². The van der Waals surface area contributed by atoms with Crippen molar-refractivity contribution in [2.45, 2.75) is 24.7 Å². The highest BCUT2D eigenvalue weighted by Crippen LogP contribution is 2.23. The second-order valence-electron chi connectivity index (χ2n) is 6.50. The molecule has 0 N–H and O–H groups in total. The number of sulfonamides is 1. The third-order valence-electron chi connectivity index (χ3n) is 4.64. The van der Waals surface area contributed by atoms with Gasteiger partial charge in [-0.25, -0.2) is 8.42 Å². The van der Waals surface area contributed by atoms with E-state index in [2.05, 4.69) is 0 Å². The van der Waals surface area contributed by atoms with Crippen molar-refractivity contribution in [2.24, 2.45) is 0 Å². The average molecular weight is 374 g/mol. The second kappa shape index (κ2) is 7.55. The minimum absolute atomic E-state index is 0.0177. The van der Waals surface area contributed by atoms with Gasteiger partial charge in [0.25, 0.3) is 0 Å². The van der Waals surface area contributed by atoms with Gasteiger partial charge in [-0.1, -0.05) is 30.3 Å². The summed E-state index contributed by atoms with van der Waals surface area (Å²) in [7, 11) is -3.59. The standard InChI is InChI=1S/C19H22N2O4S/c1-15(22)6-9-19(23)20-10-12-21(13-11-20)26(24,25)18-8-7-16-4-2-3-5-17(16)14-18/h2-5,7-8,14H,6,9-13H2,1H3. The molecule has 3 rings (SSSR count). The molecule has 1 fully saturated rings. The molecule has 26 heavy (non-hydrogen) atoms. The maximum Gasteiger partial charge on any atom is 0.243 e. The molecule has 138 valence electrons. The van der Waals surface area contributed by atoms with Crippen molar-refractivity contribution in [3.05, 3.63) is 42.5 Å². The maximum absolute atomic E-state index is 12.9. The van der Waals surface area contributed by atoms with Crippen LogP contribution in [0.2, 0.25) is 0 Å². The molecule has 1 saturated heterocycles. The van der Waals surface area contributed by atoms with E-state index in [1.807, 2.05) is 30.3 Å². The lowest BCUT2D eigenvalue weighted by Gasteiger charge is -2.34. The summed E-state index contributed by atoms with van der Waals surface area (Å²) < 4.78 is 27.2. The molecule has 1 amide bonds. The van der Waals surface area contributed by atoms with Crippen LogP contribution in [0, 0.1) is 0 Å². The number of rotatable bonds is 5. The maximum atomic E-state index is 12.9. The van der Waals surface area contributed by atoms with Crippen molar-refractivity contribution in [1.82, 2.24) is 9.21 Å². The van der Waals surface area contributed by atoms with Crippen molar-refractivity contribution < 1.29 is 18.0 Å². The van der Waals surface area contributed by atoms with Gasteiger partial charge in [-0.2, -0.15) is 4.31 Å². The number of carbonyl (C=O) groups is 2. The molecule has 0 radical (unpaired) electrons. The van der Waals surface area contributed by atoms with Crippen LogP contribution in [0.4, 0.5) is 0 Å². The Kier molecular flexibility index (Phi) is 5.38. The lowest BCUT2D eigenvalue weighted by atomic mass is 10.1. The molecule has 1 heterocycles. The normalized spacial score (nSPS) is 16.0. The van der Waals surface area contributed by atoms with Gasteiger partial charge in [0.15, 0.2) is 0 Å². The first-order valence-corrected chi connectivity index (χ1v) is 10.1. The summed E-state index contributed by atoms with van der Waals surface area (Å²) in [6.07, 6.45) is 0.418. The Morgan fingerprint density at radius 1 is 0.923 bits per heavy atom. The lowest BCUT2D eigenvalue weighted by molar-refractivity contribution is -0.134. The molecule has 0 saturated carbocycles. The van der Waals surface area contributed by atoms with Crippen molar-refractivity contribution in [1.29, 1.82) is 0 Å². The van der Waals surface area contributed by atoms with Gasteiger partial charge in [-0.05, 0) is 29.8 Å². The van der Waals surface area contributed by atoms with Gasteiger partial charge in [0, 0.05) is 39.0 Å². The third kappa shape index (κ3) is 3.94. The number of amides is 1. The molecule has 1 aliphatic rings. The fraction of sp³-hybridized carbons (Fsp3) is 0.368. The summed E-state index contributed by atoms with van der Waals surface area (Å²) in [5, 5.41) is 1.87. The van der Waals surface area contributed by atoms with E-state index in [0.717, 1.165) is 10.8 Å². The molecule has 7 heteroatoms. The topological polar surface area (TPSA) is 74.8 Å². The minimum atomic E-state index is -3.59. The van der Waals surface area contributed by atoms with Crippen LogP contribution in [-0.4, -0.2) is 55.5 Å². The zero-order valence-corrected chi connectivity index (χ0v) is 15.5. The summed E-state index contributed by atoms with van der Waals surface area (Å²) in [5.41, 5.74) is 0. The highest BCUT2D eigenvalue weighted by molar-refractivity contribution is 7.89. The second-order valence-corrected chi connectivity index (χ2v) is 8.43. The molecule has 0 spiro atoms. The van der Waals surface area contributed by atoms with Gasteiger partial charge in [0.05, 0.1) is 4.90 Å². The number of ketones is 1. The largest absolute Gasteiger partial charge is 0.340 e. The fourth-order valence-corrected chi connectivity index (χ4v) is 4.55. The van der Waals surface area contributed by atoms with Gasteiger partial charge < -0.3 is 9.69 Å². The van der Waals surface area contributed by atoms with Crippen LogP contribution in [-0.2, 0) is 19.6 Å². The van der Waals surface area contributed by atoms with E-state index in [4.69, 9.17) is 0 Å². The summed E-state index contributed by atoms with van der Waals surface area (Å²) in [6, 6.07) is 12.8. The Morgan fingerprint density at radius 3 is 2.23 bits per heavy atom. The van der Waals surface area contributed by atoms with E-state index in [0.29, 0.717) is 13.1 Å². The molecule has 0 bridgehead atoms. The van der Waals surface area contributed by atoms with Gasteiger partial charge in [0.1, 0.15) is 5.78 Å². The Bertz CT molecular complexity index is 931. The van der Waals surface area contributed by atoms with Crippen LogP contribution in [0.15, 0.2) is 47.4 Å². The molecule has 0 unspecified atom stereocenters. The van der Waals surface area contributed by atoms with E-state index < -0.39 is 10.0 Å². The van der Waals surface area contributed by atoms with Gasteiger partial charge in [-0.15, -0.1) is 0 Å². The number of Topliss-reactive ketones (excluding diaryl/α,β-unsaturated/α-hetero) is 1. The number of benzene rings is 2. The Balaban J connectivity index is 1.69. The molecule has 2 aromatic rings. The average Bonchev–Trinajstić information content (AvgIpc) is 2.65. The molecule has 0 atom stereocenters. The zero-order valence-electron chi connectivity index (χ0n) is 14.7. The van der Waals surface area contributed by atoms with Crippen LogP contribution >= 0.6 is 0 Å². The van der Waals surface area contributed by atoms with E-state index >= 15 is 0 Å². The number of piperazine rings is 1. The number of hydrogen-bond donors (Lipinski definition) is 0. The van der Waals surface area contributed by atoms with Crippen LogP contribution in [0.5, 0.6) is 0 Å². The van der Waals surface area contributed by atoms with Crippen LogP contribution in [0.3, 0.4) is 0 Å². The summed E-state index contributed by atoms with van der Waals surface area (Å²) in [5.74, 6) is -0.112. The van der Waals surface area contributed by atoms with Gasteiger partial charge in [0.2, 0.25) is 15.9 Å². The number of carbonyl (C=O) groups excluding carboxylic acids is 2. The molecular weight excluding hydrogens is 352 g/mol. The van der Waals surface area contributed by atoms with Gasteiger partial charge >= 0.3 is 0 Å². The Hall–Kier alpha value is -2.25. The van der Waals surface area contributed by atoms with Crippen molar-refractivity contribution in [2.75, 3.05) is 26.2 Å². The Labute approximate surface area is 153 Å². The summed E-state index contributed by atoms with van der Waals surface area (Å²) >= 11 is 0. The zero-order chi connectivity index (χ0) is 18.7. The minimum Gasteiger partial charge on any atom is -0.340 e. The molecule has 0 aliphatic carbocycles. The van der Waals surface area contributed by atoms with E-state index in [1.165, 1.54) is 11.2 Å². The van der Waals surface area contributed by atoms with Crippen LogP contribution < -0.4 is 0 Å². The van der Waals surface area contributed by atoms with Crippen LogP contribution in [0.25, 0.3) is 10.8 Å². The predicted molar refractivity (Wildman–Crippen MR) is 99.2 cm³/mol. The number of fused-ring (bicyclic) bond motifs is 1. The van der Waals surface area contributed by atoms with Crippen molar-refractivity contribution >= 4 is 32.5 Å². The quantitative estimate of drug-likeness (QED) is 0.803. The highest BCUT2D eigenvalue weighted by atomic mass is 32.2. The molecule has 2 aromatic carbocycles. The molecule has 6 nitrogen and oxygen atoms in total. The number of hydrogen-bond acceptors (Lipinski definition) is 4. The summed E-state index contributed by atoms with van der Waals surface area (Å²) in [6.45, 7) is 2.69. The Morgan fingerprint density at radius 2 is 1.58 bits per heavy atom. The van der Waals surface area contributed by atoms with Crippen molar-refractivity contribution in [3.63, 3.8) is 0 Å². The fourth-order valence-electron chi connectivity index (χ4n) is 3.10. The first kappa shape index (κ1) is 18.5. The highest BCUT2D eigenvalue weighted by Gasteiger charge is 2.30. The third-order valence-corrected chi connectivity index (χ3v) is 6.54. The van der Waals surface area contributed by atoms with E-state index in [1.54, 1.807) is 17.0 Å². The lowest BCUT2D eigenvalue weighted by Crippen LogP contribution is -2.50. The molecule has 1 aliphatic heterocycles. The summed E-state index contributed by atoms with van der Waals surface area (Å²) in [4.78, 5) is 25.0. The van der Waals surface area contributed by atoms with Crippen LogP contribution in [0.1, 0.15) is 19.8 Å². The predicted octanol–water partition coefficient (Wildman–Crippen LogP) is 2.04. The first-order valence-electron chi connectivity index (χ1n) is 8.64. The smallest absolute Gasteiger partial charge is 0.243 e. The monoisotopic (exact) mass is 374 g/mol. The SMILES string of the molecule is CC(=O)CCC(=O)N1CCN(S(=O)(=O)c2ccc3ccccc3c2)CC1. The molecular formula is C19H22N2O4S.